The number of hydrogen-bond donors (Lipinski definition) is 2. The van der Waals surface area contributed by atoms with E-state index < -0.39 is 0 Å². The SMILES string of the molecule is Brc1ccc2c(c1)C(C1CCNCC1)CN2. The van der Waals surface area contributed by atoms with Gasteiger partial charge in [-0.05, 0) is 55.6 Å². The van der Waals surface area contributed by atoms with E-state index in [4.69, 9.17) is 0 Å². The summed E-state index contributed by atoms with van der Waals surface area (Å²) < 4.78 is 1.20. The molecule has 0 saturated carbocycles. The van der Waals surface area contributed by atoms with Crippen LogP contribution in [0.2, 0.25) is 0 Å². The Morgan fingerprint density at radius 1 is 1.19 bits per heavy atom. The van der Waals surface area contributed by atoms with Crippen LogP contribution in [0.1, 0.15) is 24.3 Å². The van der Waals surface area contributed by atoms with Crippen molar-refractivity contribution in [2.45, 2.75) is 18.8 Å². The molecule has 1 saturated heterocycles. The Kier molecular flexibility index (Phi) is 2.90. The second-order valence-corrected chi connectivity index (χ2v) is 5.72. The molecule has 1 aromatic rings. The fraction of sp³-hybridized carbons (Fsp3) is 0.538. The van der Waals surface area contributed by atoms with Crippen LogP contribution < -0.4 is 10.6 Å². The lowest BCUT2D eigenvalue weighted by atomic mass is 9.82. The molecule has 0 spiro atoms. The van der Waals surface area contributed by atoms with E-state index in [-0.39, 0.29) is 0 Å². The molecule has 2 aliphatic rings. The van der Waals surface area contributed by atoms with Crippen molar-refractivity contribution in [2.75, 3.05) is 25.0 Å². The molecule has 2 nitrogen and oxygen atoms in total. The maximum absolute atomic E-state index is 3.58. The molecule has 0 aliphatic carbocycles. The van der Waals surface area contributed by atoms with Crippen molar-refractivity contribution in [3.05, 3.63) is 28.2 Å². The highest BCUT2D eigenvalue weighted by atomic mass is 79.9. The molecule has 16 heavy (non-hydrogen) atoms. The lowest BCUT2D eigenvalue weighted by Gasteiger charge is -2.28. The van der Waals surface area contributed by atoms with Gasteiger partial charge in [0.15, 0.2) is 0 Å². The molecule has 3 heteroatoms. The zero-order chi connectivity index (χ0) is 11.0. The van der Waals surface area contributed by atoms with Crippen LogP contribution in [0.15, 0.2) is 22.7 Å². The monoisotopic (exact) mass is 280 g/mol. The third-order valence-corrected chi connectivity index (χ3v) is 4.37. The second kappa shape index (κ2) is 4.38. The summed E-state index contributed by atoms with van der Waals surface area (Å²) >= 11 is 3.58. The Morgan fingerprint density at radius 3 is 2.81 bits per heavy atom. The van der Waals surface area contributed by atoms with Crippen LogP contribution in [0.4, 0.5) is 5.69 Å². The van der Waals surface area contributed by atoms with E-state index in [1.165, 1.54) is 41.7 Å². The minimum absolute atomic E-state index is 0.717. The number of piperidine rings is 1. The summed E-state index contributed by atoms with van der Waals surface area (Å²) in [5.74, 6) is 1.57. The van der Waals surface area contributed by atoms with E-state index in [9.17, 15) is 0 Å². The fourth-order valence-electron chi connectivity index (χ4n) is 3.00. The van der Waals surface area contributed by atoms with Crippen LogP contribution >= 0.6 is 15.9 Å². The van der Waals surface area contributed by atoms with Crippen LogP contribution in [0.5, 0.6) is 0 Å². The molecule has 86 valence electrons. The molecule has 1 fully saturated rings. The molecular weight excluding hydrogens is 264 g/mol. The highest BCUT2D eigenvalue weighted by molar-refractivity contribution is 9.10. The fourth-order valence-corrected chi connectivity index (χ4v) is 3.38. The zero-order valence-corrected chi connectivity index (χ0v) is 10.9. The maximum atomic E-state index is 3.58. The quantitative estimate of drug-likeness (QED) is 0.827. The first-order valence-electron chi connectivity index (χ1n) is 6.08. The Morgan fingerprint density at radius 2 is 2.00 bits per heavy atom. The number of benzene rings is 1. The van der Waals surface area contributed by atoms with Crippen molar-refractivity contribution < 1.29 is 0 Å². The summed E-state index contributed by atoms with van der Waals surface area (Å²) in [6, 6.07) is 6.61. The van der Waals surface area contributed by atoms with E-state index in [0.717, 1.165) is 18.4 Å². The molecule has 2 aliphatic heterocycles. The highest BCUT2D eigenvalue weighted by Crippen LogP contribution is 2.40. The minimum atomic E-state index is 0.717. The summed E-state index contributed by atoms with van der Waals surface area (Å²) in [6.45, 7) is 3.49. The van der Waals surface area contributed by atoms with E-state index in [2.05, 4.69) is 44.8 Å². The van der Waals surface area contributed by atoms with Gasteiger partial charge in [0.2, 0.25) is 0 Å². The molecule has 0 bridgehead atoms. The van der Waals surface area contributed by atoms with Crippen molar-refractivity contribution in [3.63, 3.8) is 0 Å². The van der Waals surface area contributed by atoms with Gasteiger partial charge in [0.25, 0.3) is 0 Å². The number of fused-ring (bicyclic) bond motifs is 1. The lowest BCUT2D eigenvalue weighted by molar-refractivity contribution is 0.330. The highest BCUT2D eigenvalue weighted by Gasteiger charge is 2.30. The average Bonchev–Trinajstić information content (AvgIpc) is 2.73. The summed E-state index contributed by atoms with van der Waals surface area (Å²) in [5.41, 5.74) is 2.85. The van der Waals surface area contributed by atoms with Gasteiger partial charge in [-0.2, -0.15) is 0 Å². The van der Waals surface area contributed by atoms with Crippen LogP contribution in [0, 0.1) is 5.92 Å². The molecule has 2 N–H and O–H groups in total. The minimum Gasteiger partial charge on any atom is -0.384 e. The van der Waals surface area contributed by atoms with Gasteiger partial charge in [0, 0.05) is 22.6 Å². The largest absolute Gasteiger partial charge is 0.384 e. The number of anilines is 1. The molecule has 0 amide bonds. The lowest BCUT2D eigenvalue weighted by Crippen LogP contribution is -2.31. The smallest absolute Gasteiger partial charge is 0.0377 e. The third kappa shape index (κ3) is 1.87. The van der Waals surface area contributed by atoms with Crippen LogP contribution in [-0.4, -0.2) is 19.6 Å². The number of halogens is 1. The van der Waals surface area contributed by atoms with E-state index in [1.807, 2.05) is 0 Å². The molecule has 0 radical (unpaired) electrons. The molecule has 3 rings (SSSR count). The molecule has 1 aromatic carbocycles. The van der Waals surface area contributed by atoms with E-state index >= 15 is 0 Å². The zero-order valence-electron chi connectivity index (χ0n) is 9.30. The molecule has 0 aromatic heterocycles. The van der Waals surface area contributed by atoms with Crippen molar-refractivity contribution in [3.8, 4) is 0 Å². The predicted molar refractivity (Wildman–Crippen MR) is 71.0 cm³/mol. The van der Waals surface area contributed by atoms with Gasteiger partial charge in [-0.3, -0.25) is 0 Å². The average molecular weight is 281 g/mol. The van der Waals surface area contributed by atoms with Gasteiger partial charge in [0.05, 0.1) is 0 Å². The van der Waals surface area contributed by atoms with Gasteiger partial charge in [-0.1, -0.05) is 15.9 Å². The van der Waals surface area contributed by atoms with Crippen LogP contribution in [0.3, 0.4) is 0 Å². The second-order valence-electron chi connectivity index (χ2n) is 4.81. The van der Waals surface area contributed by atoms with Gasteiger partial charge in [-0.15, -0.1) is 0 Å². The van der Waals surface area contributed by atoms with Gasteiger partial charge >= 0.3 is 0 Å². The Hall–Kier alpha value is -0.540. The summed E-state index contributed by atoms with van der Waals surface area (Å²) in [5, 5.41) is 6.98. The Bertz CT molecular complexity index is 386. The standard InChI is InChI=1S/C13H17BrN2/c14-10-1-2-13-11(7-10)12(8-16-13)9-3-5-15-6-4-9/h1-2,7,9,12,15-16H,3-6,8H2. The van der Waals surface area contributed by atoms with Crippen molar-refractivity contribution in [2.24, 2.45) is 5.92 Å². The van der Waals surface area contributed by atoms with E-state index in [1.54, 1.807) is 0 Å². The Balaban J connectivity index is 1.86. The molecule has 1 atom stereocenters. The Labute approximate surface area is 105 Å². The van der Waals surface area contributed by atoms with Crippen LogP contribution in [0.25, 0.3) is 0 Å². The van der Waals surface area contributed by atoms with Gasteiger partial charge in [0.1, 0.15) is 0 Å². The predicted octanol–water partition coefficient (Wildman–Crippen LogP) is 2.96. The summed E-state index contributed by atoms with van der Waals surface area (Å²) in [7, 11) is 0. The van der Waals surface area contributed by atoms with Gasteiger partial charge in [-0.25, -0.2) is 0 Å². The first-order chi connectivity index (χ1) is 7.84. The summed E-state index contributed by atoms with van der Waals surface area (Å²) in [4.78, 5) is 0. The molecule has 1 unspecified atom stereocenters. The first-order valence-corrected chi connectivity index (χ1v) is 6.88. The maximum Gasteiger partial charge on any atom is 0.0377 e. The molecule has 2 heterocycles. The van der Waals surface area contributed by atoms with Crippen molar-refractivity contribution >= 4 is 21.6 Å². The normalized spacial score (nSPS) is 25.2. The summed E-state index contributed by atoms with van der Waals surface area (Å²) in [6.07, 6.45) is 2.64. The number of rotatable bonds is 1. The molecular formula is C13H17BrN2. The van der Waals surface area contributed by atoms with Crippen molar-refractivity contribution in [1.29, 1.82) is 0 Å². The third-order valence-electron chi connectivity index (χ3n) is 3.88. The first kappa shape index (κ1) is 10.6. The van der Waals surface area contributed by atoms with E-state index in [0.29, 0.717) is 0 Å². The van der Waals surface area contributed by atoms with Crippen LogP contribution in [-0.2, 0) is 0 Å². The number of hydrogen-bond acceptors (Lipinski definition) is 2. The van der Waals surface area contributed by atoms with Crippen molar-refractivity contribution in [1.82, 2.24) is 5.32 Å². The van der Waals surface area contributed by atoms with Gasteiger partial charge < -0.3 is 10.6 Å². The number of nitrogens with one attached hydrogen (secondary N) is 2. The topological polar surface area (TPSA) is 24.1 Å².